The summed E-state index contributed by atoms with van der Waals surface area (Å²) in [6.07, 6.45) is 4.73. The lowest BCUT2D eigenvalue weighted by atomic mass is 9.93. The summed E-state index contributed by atoms with van der Waals surface area (Å²) in [5, 5.41) is 10.1. The van der Waals surface area contributed by atoms with Crippen molar-refractivity contribution in [3.05, 3.63) is 29.3 Å². The fraction of sp³-hybridized carbons (Fsp3) is 0.625. The normalized spacial score (nSPS) is 32.5. The predicted molar refractivity (Wildman–Crippen MR) is 77.1 cm³/mol. The van der Waals surface area contributed by atoms with E-state index in [2.05, 4.69) is 24.8 Å². The molecule has 2 aliphatic rings. The first-order valence-electron chi connectivity index (χ1n) is 7.39. The highest BCUT2D eigenvalue weighted by Gasteiger charge is 2.42. The molecule has 0 radical (unpaired) electrons. The molecule has 0 saturated carbocycles. The Morgan fingerprint density at radius 3 is 2.53 bits per heavy atom. The molecule has 3 rings (SSSR count). The molecule has 0 spiro atoms. The Kier molecular flexibility index (Phi) is 3.27. The number of hydrogen-bond donors (Lipinski definition) is 2. The summed E-state index contributed by atoms with van der Waals surface area (Å²) in [7, 11) is 0. The summed E-state index contributed by atoms with van der Waals surface area (Å²) in [5.41, 5.74) is 8.41. The summed E-state index contributed by atoms with van der Waals surface area (Å²) in [5.74, 6) is 0.423. The Bertz CT molecular complexity index is 460. The highest BCUT2D eigenvalue weighted by atomic mass is 16.3. The van der Waals surface area contributed by atoms with Crippen molar-refractivity contribution < 1.29 is 5.11 Å². The lowest BCUT2D eigenvalue weighted by Gasteiger charge is -2.42. The topological polar surface area (TPSA) is 49.5 Å². The highest BCUT2D eigenvalue weighted by molar-refractivity contribution is 5.38. The second-order valence-electron chi connectivity index (χ2n) is 6.30. The van der Waals surface area contributed by atoms with Crippen molar-refractivity contribution in [1.29, 1.82) is 0 Å². The van der Waals surface area contributed by atoms with Crippen LogP contribution in [0.4, 0.5) is 0 Å². The average molecular weight is 260 g/mol. The Hall–Kier alpha value is -1.06. The number of benzene rings is 1. The minimum absolute atomic E-state index is 0.282. The van der Waals surface area contributed by atoms with E-state index in [1.165, 1.54) is 18.4 Å². The summed E-state index contributed by atoms with van der Waals surface area (Å²) < 4.78 is 0. The quantitative estimate of drug-likeness (QED) is 0.859. The minimum atomic E-state index is 0.282. The van der Waals surface area contributed by atoms with Gasteiger partial charge in [-0.2, -0.15) is 0 Å². The molecule has 2 heterocycles. The number of nitrogens with zero attached hydrogens (tertiary/aromatic N) is 1. The van der Waals surface area contributed by atoms with Crippen molar-refractivity contribution in [1.82, 2.24) is 4.90 Å². The lowest BCUT2D eigenvalue weighted by Crippen LogP contribution is -2.48. The van der Waals surface area contributed by atoms with Gasteiger partial charge in [-0.05, 0) is 45.6 Å². The first-order valence-corrected chi connectivity index (χ1v) is 7.39. The van der Waals surface area contributed by atoms with E-state index in [0.717, 1.165) is 18.4 Å². The number of rotatable bonds is 2. The Balaban J connectivity index is 1.88. The zero-order chi connectivity index (χ0) is 13.6. The number of phenols is 1. The summed E-state index contributed by atoms with van der Waals surface area (Å²) in [4.78, 5) is 2.60. The molecule has 2 saturated heterocycles. The Morgan fingerprint density at radius 2 is 1.89 bits per heavy atom. The third-order valence-corrected chi connectivity index (χ3v) is 4.91. The Labute approximate surface area is 115 Å². The molecule has 0 amide bonds. The predicted octanol–water partition coefficient (Wildman–Crippen LogP) is 2.72. The number of phenolic OH excluding ortho intramolecular Hbond substituents is 1. The van der Waals surface area contributed by atoms with Gasteiger partial charge >= 0.3 is 0 Å². The van der Waals surface area contributed by atoms with Crippen LogP contribution in [-0.2, 0) is 0 Å². The first kappa shape index (κ1) is 12.9. The van der Waals surface area contributed by atoms with Gasteiger partial charge in [0.05, 0.1) is 0 Å². The van der Waals surface area contributed by atoms with Gasteiger partial charge in [-0.3, -0.25) is 4.90 Å². The summed E-state index contributed by atoms with van der Waals surface area (Å²) >= 11 is 0. The van der Waals surface area contributed by atoms with E-state index in [-0.39, 0.29) is 6.04 Å². The monoisotopic (exact) mass is 260 g/mol. The van der Waals surface area contributed by atoms with E-state index >= 15 is 0 Å². The van der Waals surface area contributed by atoms with E-state index in [9.17, 15) is 5.11 Å². The number of aryl methyl sites for hydroxylation is 1. The molecule has 1 aromatic rings. The highest BCUT2D eigenvalue weighted by Crippen LogP contribution is 2.42. The Morgan fingerprint density at radius 1 is 1.26 bits per heavy atom. The zero-order valence-corrected chi connectivity index (χ0v) is 11.8. The maximum absolute atomic E-state index is 10.1. The van der Waals surface area contributed by atoms with Crippen LogP contribution in [0.3, 0.4) is 0 Å². The molecule has 19 heavy (non-hydrogen) atoms. The number of nitrogens with two attached hydrogens (primary N) is 1. The fourth-order valence-electron chi connectivity index (χ4n) is 4.06. The van der Waals surface area contributed by atoms with Crippen molar-refractivity contribution in [2.75, 3.05) is 0 Å². The van der Waals surface area contributed by atoms with E-state index in [4.69, 9.17) is 5.73 Å². The van der Waals surface area contributed by atoms with Gasteiger partial charge in [-0.25, -0.2) is 0 Å². The van der Waals surface area contributed by atoms with Crippen molar-refractivity contribution in [3.8, 4) is 5.75 Å². The van der Waals surface area contributed by atoms with Gasteiger partial charge in [-0.15, -0.1) is 0 Å². The first-order chi connectivity index (χ1) is 9.06. The number of piperidine rings is 1. The molecule has 3 heteroatoms. The SMILES string of the molecule is Cc1ccc(O)c(C(C)N2C3CCC2CC(N)C3)c1. The molecule has 2 fully saturated rings. The van der Waals surface area contributed by atoms with Crippen molar-refractivity contribution >= 4 is 0 Å². The fourth-order valence-corrected chi connectivity index (χ4v) is 4.06. The maximum atomic E-state index is 10.1. The average Bonchev–Trinajstić information content (AvgIpc) is 2.64. The summed E-state index contributed by atoms with van der Waals surface area (Å²) in [6.45, 7) is 4.30. The van der Waals surface area contributed by atoms with Gasteiger partial charge in [0, 0.05) is 29.7 Å². The summed E-state index contributed by atoms with van der Waals surface area (Å²) in [6, 6.07) is 7.75. The molecule has 3 atom stereocenters. The van der Waals surface area contributed by atoms with Gasteiger partial charge in [0.2, 0.25) is 0 Å². The minimum Gasteiger partial charge on any atom is -0.508 e. The van der Waals surface area contributed by atoms with E-state index in [0.29, 0.717) is 23.9 Å². The number of fused-ring (bicyclic) bond motifs is 2. The molecule has 3 N–H and O–H groups in total. The smallest absolute Gasteiger partial charge is 0.120 e. The van der Waals surface area contributed by atoms with Crippen LogP contribution in [0, 0.1) is 6.92 Å². The van der Waals surface area contributed by atoms with Crippen LogP contribution in [0.1, 0.15) is 49.8 Å². The number of aromatic hydroxyl groups is 1. The third-order valence-electron chi connectivity index (χ3n) is 4.91. The molecule has 0 aromatic heterocycles. The van der Waals surface area contributed by atoms with Gasteiger partial charge < -0.3 is 10.8 Å². The molecule has 104 valence electrons. The number of hydrogen-bond acceptors (Lipinski definition) is 3. The standard InChI is InChI=1S/C16H24N2O/c1-10-3-6-16(19)15(7-10)11(2)18-13-4-5-14(18)9-12(17)8-13/h3,6-7,11-14,19H,4-5,8-9,17H2,1-2H3. The second-order valence-corrected chi connectivity index (χ2v) is 6.30. The molecule has 2 aliphatic heterocycles. The second kappa shape index (κ2) is 4.80. The maximum Gasteiger partial charge on any atom is 0.120 e. The van der Waals surface area contributed by atoms with Crippen molar-refractivity contribution in [3.63, 3.8) is 0 Å². The van der Waals surface area contributed by atoms with Crippen LogP contribution in [-0.4, -0.2) is 28.1 Å². The third kappa shape index (κ3) is 2.26. The zero-order valence-electron chi connectivity index (χ0n) is 11.8. The van der Waals surface area contributed by atoms with Crippen LogP contribution in [0.15, 0.2) is 18.2 Å². The molecule has 2 bridgehead atoms. The van der Waals surface area contributed by atoms with Gasteiger partial charge in [-0.1, -0.05) is 17.7 Å². The van der Waals surface area contributed by atoms with Gasteiger partial charge in [0.25, 0.3) is 0 Å². The lowest BCUT2D eigenvalue weighted by molar-refractivity contribution is 0.0842. The molecule has 3 unspecified atom stereocenters. The molecule has 3 nitrogen and oxygen atoms in total. The van der Waals surface area contributed by atoms with Crippen LogP contribution in [0.5, 0.6) is 5.75 Å². The van der Waals surface area contributed by atoms with Gasteiger partial charge in [0.15, 0.2) is 0 Å². The van der Waals surface area contributed by atoms with Crippen LogP contribution in [0.2, 0.25) is 0 Å². The molecule has 0 aliphatic carbocycles. The van der Waals surface area contributed by atoms with Crippen LogP contribution in [0.25, 0.3) is 0 Å². The van der Waals surface area contributed by atoms with E-state index in [1.54, 1.807) is 0 Å². The largest absolute Gasteiger partial charge is 0.508 e. The van der Waals surface area contributed by atoms with E-state index < -0.39 is 0 Å². The molecule has 1 aromatic carbocycles. The molecular weight excluding hydrogens is 236 g/mol. The van der Waals surface area contributed by atoms with Gasteiger partial charge in [0.1, 0.15) is 5.75 Å². The van der Waals surface area contributed by atoms with Crippen molar-refractivity contribution in [2.24, 2.45) is 5.73 Å². The van der Waals surface area contributed by atoms with Crippen molar-refractivity contribution in [2.45, 2.75) is 63.7 Å². The van der Waals surface area contributed by atoms with Crippen LogP contribution >= 0.6 is 0 Å². The molecular formula is C16H24N2O. The van der Waals surface area contributed by atoms with Crippen LogP contribution < -0.4 is 5.73 Å². The van der Waals surface area contributed by atoms with E-state index in [1.807, 2.05) is 12.1 Å².